The fraction of sp³-hybridized carbons (Fsp3) is 0.875. The molecular formula is C8H15NO2. The molecule has 0 spiro atoms. The van der Waals surface area contributed by atoms with E-state index in [1.54, 1.807) is 7.11 Å². The smallest absolute Gasteiger partial charge is 0.162 e. The highest BCUT2D eigenvalue weighted by Crippen LogP contribution is 2.10. The minimum Gasteiger partial charge on any atom is -0.377 e. The van der Waals surface area contributed by atoms with Crippen molar-refractivity contribution in [3.8, 4) is 0 Å². The molecule has 64 valence electrons. The van der Waals surface area contributed by atoms with Crippen LogP contribution < -0.4 is 5.32 Å². The van der Waals surface area contributed by atoms with Gasteiger partial charge in [0, 0.05) is 19.6 Å². The largest absolute Gasteiger partial charge is 0.377 e. The summed E-state index contributed by atoms with van der Waals surface area (Å²) in [5.41, 5.74) is 0. The molecule has 3 heteroatoms. The lowest BCUT2D eigenvalue weighted by molar-refractivity contribution is -0.127. The molecule has 11 heavy (non-hydrogen) atoms. The highest BCUT2D eigenvalue weighted by Gasteiger charge is 2.19. The number of nitrogens with one attached hydrogen (secondary N) is 1. The van der Waals surface area contributed by atoms with E-state index in [1.165, 1.54) is 0 Å². The monoisotopic (exact) mass is 157 g/mol. The molecule has 1 unspecified atom stereocenters. The third-order valence-electron chi connectivity index (χ3n) is 2.04. The Morgan fingerprint density at radius 1 is 1.73 bits per heavy atom. The van der Waals surface area contributed by atoms with E-state index < -0.39 is 0 Å². The van der Waals surface area contributed by atoms with Gasteiger partial charge in [-0.1, -0.05) is 0 Å². The van der Waals surface area contributed by atoms with Gasteiger partial charge in [-0.3, -0.25) is 4.79 Å². The molecule has 0 aromatic heterocycles. The quantitative estimate of drug-likeness (QED) is 0.636. The summed E-state index contributed by atoms with van der Waals surface area (Å²) in [5.74, 6) is 0.434. The van der Waals surface area contributed by atoms with E-state index in [-0.39, 0.29) is 18.3 Å². The number of hydrogen-bond donors (Lipinski definition) is 1. The molecule has 1 atom stereocenters. The Morgan fingerprint density at radius 2 is 2.55 bits per heavy atom. The summed E-state index contributed by atoms with van der Waals surface area (Å²) in [6, 6.07) is 0. The fourth-order valence-corrected chi connectivity index (χ4v) is 1.39. The standard InChI is InChI=1S/C8H15NO2/c1-11-6-8(10)7-3-2-4-9-5-7/h7,9H,2-6H2,1H3. The van der Waals surface area contributed by atoms with E-state index in [2.05, 4.69) is 5.32 Å². The normalized spacial score (nSPS) is 25.0. The van der Waals surface area contributed by atoms with Crippen molar-refractivity contribution < 1.29 is 9.53 Å². The zero-order valence-electron chi connectivity index (χ0n) is 6.93. The van der Waals surface area contributed by atoms with Crippen LogP contribution in [0.1, 0.15) is 12.8 Å². The van der Waals surface area contributed by atoms with Crippen LogP contribution >= 0.6 is 0 Å². The first-order chi connectivity index (χ1) is 5.34. The van der Waals surface area contributed by atoms with Crippen LogP contribution in [0.5, 0.6) is 0 Å². The van der Waals surface area contributed by atoms with Gasteiger partial charge in [0.2, 0.25) is 0 Å². The van der Waals surface area contributed by atoms with Crippen LogP contribution in [0.4, 0.5) is 0 Å². The van der Waals surface area contributed by atoms with Gasteiger partial charge in [0.25, 0.3) is 0 Å². The van der Waals surface area contributed by atoms with Crippen LogP contribution in [0.25, 0.3) is 0 Å². The third-order valence-corrected chi connectivity index (χ3v) is 2.04. The van der Waals surface area contributed by atoms with Crippen molar-refractivity contribution in [2.75, 3.05) is 26.8 Å². The highest BCUT2D eigenvalue weighted by molar-refractivity contribution is 5.82. The topological polar surface area (TPSA) is 38.3 Å². The fourth-order valence-electron chi connectivity index (χ4n) is 1.39. The van der Waals surface area contributed by atoms with Gasteiger partial charge in [-0.15, -0.1) is 0 Å². The highest BCUT2D eigenvalue weighted by atomic mass is 16.5. The number of piperidine rings is 1. The summed E-state index contributed by atoms with van der Waals surface area (Å²) in [6.45, 7) is 2.16. The molecule has 1 N–H and O–H groups in total. The lowest BCUT2D eigenvalue weighted by atomic mass is 9.96. The Bertz CT molecular complexity index is 130. The average molecular weight is 157 g/mol. The predicted molar refractivity (Wildman–Crippen MR) is 42.5 cm³/mol. The summed E-state index contributed by atoms with van der Waals surface area (Å²) < 4.78 is 4.78. The number of ether oxygens (including phenoxy) is 1. The van der Waals surface area contributed by atoms with Crippen molar-refractivity contribution >= 4 is 5.78 Å². The van der Waals surface area contributed by atoms with Crippen molar-refractivity contribution in [2.24, 2.45) is 5.92 Å². The van der Waals surface area contributed by atoms with Crippen molar-refractivity contribution in [2.45, 2.75) is 12.8 Å². The first kappa shape index (κ1) is 8.68. The third kappa shape index (κ3) is 2.60. The SMILES string of the molecule is COCC(=O)C1CCCNC1. The van der Waals surface area contributed by atoms with Crippen molar-refractivity contribution in [3.63, 3.8) is 0 Å². The Kier molecular flexibility index (Phi) is 3.52. The first-order valence-electron chi connectivity index (χ1n) is 4.07. The molecule has 1 aliphatic heterocycles. The van der Waals surface area contributed by atoms with E-state index in [0.29, 0.717) is 0 Å². The van der Waals surface area contributed by atoms with E-state index in [4.69, 9.17) is 4.74 Å². The van der Waals surface area contributed by atoms with Gasteiger partial charge in [0.1, 0.15) is 6.61 Å². The van der Waals surface area contributed by atoms with Crippen molar-refractivity contribution in [1.82, 2.24) is 5.32 Å². The van der Waals surface area contributed by atoms with Gasteiger partial charge >= 0.3 is 0 Å². The van der Waals surface area contributed by atoms with E-state index in [1.807, 2.05) is 0 Å². The molecule has 0 bridgehead atoms. The number of ketones is 1. The Morgan fingerprint density at radius 3 is 3.09 bits per heavy atom. The zero-order chi connectivity index (χ0) is 8.10. The summed E-state index contributed by atoms with van der Waals surface area (Å²) in [4.78, 5) is 11.2. The average Bonchev–Trinajstić information content (AvgIpc) is 2.07. The van der Waals surface area contributed by atoms with Gasteiger partial charge in [-0.25, -0.2) is 0 Å². The molecular weight excluding hydrogens is 142 g/mol. The molecule has 1 saturated heterocycles. The molecule has 1 heterocycles. The Hall–Kier alpha value is -0.410. The molecule has 0 saturated carbocycles. The van der Waals surface area contributed by atoms with Crippen LogP contribution in [0, 0.1) is 5.92 Å². The van der Waals surface area contributed by atoms with E-state index >= 15 is 0 Å². The van der Waals surface area contributed by atoms with Crippen molar-refractivity contribution in [3.05, 3.63) is 0 Å². The number of hydrogen-bond acceptors (Lipinski definition) is 3. The molecule has 0 aromatic carbocycles. The number of carbonyl (C=O) groups excluding carboxylic acids is 1. The van der Waals surface area contributed by atoms with Crippen LogP contribution in [-0.2, 0) is 9.53 Å². The van der Waals surface area contributed by atoms with Gasteiger partial charge in [0.15, 0.2) is 5.78 Å². The number of carbonyl (C=O) groups is 1. The maximum absolute atomic E-state index is 11.2. The molecule has 0 aliphatic carbocycles. The van der Waals surface area contributed by atoms with Crippen molar-refractivity contribution in [1.29, 1.82) is 0 Å². The predicted octanol–water partition coefficient (Wildman–Crippen LogP) is 0.202. The molecule has 1 fully saturated rings. The molecule has 0 aromatic rings. The summed E-state index contributed by atoms with van der Waals surface area (Å²) in [6.07, 6.45) is 2.13. The molecule has 3 nitrogen and oxygen atoms in total. The number of methoxy groups -OCH3 is 1. The van der Waals surface area contributed by atoms with Crippen LogP contribution in [0.2, 0.25) is 0 Å². The molecule has 1 rings (SSSR count). The molecule has 1 aliphatic rings. The second-order valence-corrected chi connectivity index (χ2v) is 2.94. The first-order valence-corrected chi connectivity index (χ1v) is 4.07. The lowest BCUT2D eigenvalue weighted by Gasteiger charge is -2.20. The Balaban J connectivity index is 2.27. The minimum absolute atomic E-state index is 0.198. The molecule has 0 radical (unpaired) electrons. The number of rotatable bonds is 3. The number of Topliss-reactive ketones (excluding diaryl/α,β-unsaturated/α-hetero) is 1. The Labute approximate surface area is 67.1 Å². The second-order valence-electron chi connectivity index (χ2n) is 2.94. The van der Waals surface area contributed by atoms with Crippen LogP contribution in [-0.4, -0.2) is 32.6 Å². The minimum atomic E-state index is 0.198. The summed E-state index contributed by atoms with van der Waals surface area (Å²) in [7, 11) is 1.56. The van der Waals surface area contributed by atoms with Gasteiger partial charge in [0.05, 0.1) is 0 Å². The second kappa shape index (κ2) is 4.46. The van der Waals surface area contributed by atoms with Gasteiger partial charge < -0.3 is 10.1 Å². The van der Waals surface area contributed by atoms with Gasteiger partial charge in [-0.05, 0) is 19.4 Å². The van der Waals surface area contributed by atoms with E-state index in [9.17, 15) is 4.79 Å². The summed E-state index contributed by atoms with van der Waals surface area (Å²) >= 11 is 0. The molecule has 0 amide bonds. The summed E-state index contributed by atoms with van der Waals surface area (Å²) in [5, 5.41) is 3.20. The van der Waals surface area contributed by atoms with Gasteiger partial charge in [-0.2, -0.15) is 0 Å². The lowest BCUT2D eigenvalue weighted by Crippen LogP contribution is -2.35. The maximum Gasteiger partial charge on any atom is 0.162 e. The van der Waals surface area contributed by atoms with Crippen LogP contribution in [0.3, 0.4) is 0 Å². The zero-order valence-corrected chi connectivity index (χ0v) is 6.93. The van der Waals surface area contributed by atoms with E-state index in [0.717, 1.165) is 25.9 Å². The maximum atomic E-state index is 11.2. The van der Waals surface area contributed by atoms with Crippen LogP contribution in [0.15, 0.2) is 0 Å².